The van der Waals surface area contributed by atoms with Gasteiger partial charge >= 0.3 is 6.03 Å². The molecule has 132 valence electrons. The maximum atomic E-state index is 12.9. The average molecular weight is 340 g/mol. The van der Waals surface area contributed by atoms with E-state index in [-0.39, 0.29) is 12.2 Å². The van der Waals surface area contributed by atoms with Crippen LogP contribution in [0.2, 0.25) is 0 Å². The van der Waals surface area contributed by atoms with Gasteiger partial charge in [0.2, 0.25) is 5.96 Å². The highest BCUT2D eigenvalue weighted by Crippen LogP contribution is 2.23. The second-order valence-electron chi connectivity index (χ2n) is 5.87. The van der Waals surface area contributed by atoms with Gasteiger partial charge in [0, 0.05) is 38.1 Å². The number of aliphatic imine (C=N–C) groups is 2. The number of hydrogen-bond acceptors (Lipinski definition) is 5. The summed E-state index contributed by atoms with van der Waals surface area (Å²) in [6.45, 7) is 7.18. The molecule has 0 radical (unpaired) electrons. The number of carbonyl (C=O) groups excluding carboxylic acids is 1. The molecule has 2 aliphatic heterocycles. The minimum atomic E-state index is -0.194. The van der Waals surface area contributed by atoms with Crippen molar-refractivity contribution in [3.63, 3.8) is 0 Å². The Morgan fingerprint density at radius 1 is 1.16 bits per heavy atom. The lowest BCUT2D eigenvalue weighted by molar-refractivity contribution is 0.134. The monoisotopic (exact) mass is 340 g/mol. The van der Waals surface area contributed by atoms with Gasteiger partial charge in [-0.25, -0.2) is 19.8 Å². The summed E-state index contributed by atoms with van der Waals surface area (Å²) in [5, 5.41) is 3.35. The normalized spacial score (nSPS) is 18.6. The number of urea groups is 1. The van der Waals surface area contributed by atoms with Crippen LogP contribution in [0.25, 0.3) is 0 Å². The molecule has 1 aromatic rings. The lowest BCUT2D eigenvalue weighted by Gasteiger charge is -2.38. The number of fused-ring (bicyclic) bond motifs is 1. The standard InChI is InChI=1S/C18H24N6O/c1-5-22(6-2)18(25)23-13-12-16-19-14(3)20-17(24(16)23)21(4)15-10-8-7-9-11-15/h7-14H,5-6H2,1-4H3. The Labute approximate surface area is 148 Å². The fraction of sp³-hybridized carbons (Fsp3) is 0.389. The van der Waals surface area contributed by atoms with E-state index >= 15 is 0 Å². The number of guanidine groups is 1. The largest absolute Gasteiger partial charge is 0.343 e. The van der Waals surface area contributed by atoms with Gasteiger partial charge in [-0.2, -0.15) is 5.01 Å². The van der Waals surface area contributed by atoms with E-state index in [1.165, 1.54) is 0 Å². The lowest BCUT2D eigenvalue weighted by atomic mass is 10.3. The van der Waals surface area contributed by atoms with E-state index < -0.39 is 0 Å². The Morgan fingerprint density at radius 3 is 2.48 bits per heavy atom. The van der Waals surface area contributed by atoms with Crippen LogP contribution >= 0.6 is 0 Å². The van der Waals surface area contributed by atoms with Gasteiger partial charge in [0.15, 0.2) is 5.84 Å². The van der Waals surface area contributed by atoms with Gasteiger partial charge in [0.25, 0.3) is 0 Å². The number of hydrazine groups is 1. The smallest absolute Gasteiger partial charge is 0.323 e. The zero-order valence-electron chi connectivity index (χ0n) is 15.1. The number of hydrogen-bond donors (Lipinski definition) is 0. The summed E-state index contributed by atoms with van der Waals surface area (Å²) in [5.74, 6) is 1.40. The van der Waals surface area contributed by atoms with E-state index in [1.807, 2.05) is 69.1 Å². The molecule has 0 saturated carbocycles. The minimum Gasteiger partial charge on any atom is -0.323 e. The van der Waals surface area contributed by atoms with Crippen LogP contribution < -0.4 is 4.90 Å². The van der Waals surface area contributed by atoms with Crippen LogP contribution in [-0.4, -0.2) is 59.0 Å². The third-order valence-electron chi connectivity index (χ3n) is 4.28. The van der Waals surface area contributed by atoms with Crippen molar-refractivity contribution in [2.24, 2.45) is 9.98 Å². The van der Waals surface area contributed by atoms with Crippen molar-refractivity contribution in [3.8, 4) is 0 Å². The Hall–Kier alpha value is -2.83. The van der Waals surface area contributed by atoms with Gasteiger partial charge in [-0.05, 0) is 32.9 Å². The average Bonchev–Trinajstić information content (AvgIpc) is 3.05. The molecule has 7 heteroatoms. The van der Waals surface area contributed by atoms with Crippen LogP contribution in [0.4, 0.5) is 10.5 Å². The molecule has 2 amide bonds. The number of benzene rings is 1. The molecule has 2 heterocycles. The third-order valence-corrected chi connectivity index (χ3v) is 4.28. The minimum absolute atomic E-state index is 0.0878. The van der Waals surface area contributed by atoms with Crippen LogP contribution in [0.5, 0.6) is 0 Å². The SMILES string of the molecule is CCN(CC)C(=O)N1C=CC2=NC(C)N=C(N(C)c3ccccc3)N21. The second kappa shape index (κ2) is 6.96. The van der Waals surface area contributed by atoms with E-state index in [9.17, 15) is 4.79 Å². The van der Waals surface area contributed by atoms with E-state index in [2.05, 4.69) is 9.98 Å². The number of anilines is 1. The van der Waals surface area contributed by atoms with Gasteiger partial charge in [-0.1, -0.05) is 18.2 Å². The molecule has 25 heavy (non-hydrogen) atoms. The summed E-state index contributed by atoms with van der Waals surface area (Å²) < 4.78 is 0. The molecule has 0 saturated heterocycles. The van der Waals surface area contributed by atoms with Gasteiger partial charge < -0.3 is 9.80 Å². The molecule has 0 N–H and O–H groups in total. The summed E-state index contributed by atoms with van der Waals surface area (Å²) in [6.07, 6.45) is 3.41. The van der Waals surface area contributed by atoms with Gasteiger partial charge in [0.05, 0.1) is 0 Å². The number of nitrogens with zero attached hydrogens (tertiary/aromatic N) is 6. The Morgan fingerprint density at radius 2 is 1.84 bits per heavy atom. The number of amidine groups is 1. The van der Waals surface area contributed by atoms with E-state index in [4.69, 9.17) is 0 Å². The fourth-order valence-corrected chi connectivity index (χ4v) is 2.91. The molecule has 3 rings (SSSR count). The zero-order chi connectivity index (χ0) is 18.0. The van der Waals surface area contributed by atoms with Crippen molar-refractivity contribution in [2.75, 3.05) is 25.0 Å². The molecule has 0 fully saturated rings. The fourth-order valence-electron chi connectivity index (χ4n) is 2.91. The lowest BCUT2D eigenvalue weighted by Crippen LogP contribution is -2.56. The molecule has 0 aromatic heterocycles. The zero-order valence-corrected chi connectivity index (χ0v) is 15.1. The summed E-state index contributed by atoms with van der Waals surface area (Å²) in [5.41, 5.74) is 0.997. The molecule has 0 bridgehead atoms. The predicted molar refractivity (Wildman–Crippen MR) is 100 cm³/mol. The summed E-state index contributed by atoms with van der Waals surface area (Å²) in [6, 6.07) is 9.87. The van der Waals surface area contributed by atoms with Crippen LogP contribution in [0.3, 0.4) is 0 Å². The number of amides is 2. The molecule has 1 atom stereocenters. The maximum absolute atomic E-state index is 12.9. The highest BCUT2D eigenvalue weighted by Gasteiger charge is 2.37. The molecular weight excluding hydrogens is 316 g/mol. The Balaban J connectivity index is 1.94. The van der Waals surface area contributed by atoms with E-state index in [0.29, 0.717) is 19.0 Å². The summed E-state index contributed by atoms with van der Waals surface area (Å²) >= 11 is 0. The van der Waals surface area contributed by atoms with Crippen molar-refractivity contribution < 1.29 is 4.79 Å². The van der Waals surface area contributed by atoms with Crippen LogP contribution in [0.1, 0.15) is 20.8 Å². The van der Waals surface area contributed by atoms with Gasteiger partial charge in [-0.15, -0.1) is 0 Å². The highest BCUT2D eigenvalue weighted by atomic mass is 16.2. The summed E-state index contributed by atoms with van der Waals surface area (Å²) in [7, 11) is 1.95. The first-order chi connectivity index (χ1) is 12.1. The number of carbonyl (C=O) groups is 1. The number of rotatable bonds is 3. The van der Waals surface area contributed by atoms with Crippen molar-refractivity contribution in [2.45, 2.75) is 26.9 Å². The van der Waals surface area contributed by atoms with Crippen LogP contribution in [0, 0.1) is 0 Å². The van der Waals surface area contributed by atoms with Gasteiger partial charge in [0.1, 0.15) is 6.17 Å². The molecule has 7 nitrogen and oxygen atoms in total. The quantitative estimate of drug-likeness (QED) is 0.850. The Kier molecular flexibility index (Phi) is 4.74. The first-order valence-corrected chi connectivity index (χ1v) is 8.57. The van der Waals surface area contributed by atoms with Crippen molar-refractivity contribution in [3.05, 3.63) is 42.6 Å². The van der Waals surface area contributed by atoms with Crippen molar-refractivity contribution >= 4 is 23.5 Å². The molecule has 0 aliphatic carbocycles. The van der Waals surface area contributed by atoms with E-state index in [1.54, 1.807) is 21.1 Å². The molecule has 1 aromatic carbocycles. The van der Waals surface area contributed by atoms with Crippen LogP contribution in [-0.2, 0) is 0 Å². The second-order valence-corrected chi connectivity index (χ2v) is 5.87. The first-order valence-electron chi connectivity index (χ1n) is 8.57. The highest BCUT2D eigenvalue weighted by molar-refractivity contribution is 6.13. The number of para-hydroxylation sites is 1. The van der Waals surface area contributed by atoms with Crippen molar-refractivity contribution in [1.82, 2.24) is 14.9 Å². The topological polar surface area (TPSA) is 54.8 Å². The van der Waals surface area contributed by atoms with Crippen LogP contribution in [0.15, 0.2) is 52.6 Å². The van der Waals surface area contributed by atoms with E-state index in [0.717, 1.165) is 11.5 Å². The third kappa shape index (κ3) is 3.09. The molecular formula is C18H24N6O. The molecule has 2 aliphatic rings. The van der Waals surface area contributed by atoms with Gasteiger partial charge in [-0.3, -0.25) is 0 Å². The first kappa shape index (κ1) is 17.0. The summed E-state index contributed by atoms with van der Waals surface area (Å²) in [4.78, 5) is 25.8. The molecule has 1 unspecified atom stereocenters. The maximum Gasteiger partial charge on any atom is 0.343 e. The predicted octanol–water partition coefficient (Wildman–Crippen LogP) is 2.75. The Bertz CT molecular complexity index is 722. The molecule has 0 spiro atoms. The van der Waals surface area contributed by atoms with Crippen molar-refractivity contribution in [1.29, 1.82) is 0 Å².